The lowest BCUT2D eigenvalue weighted by Gasteiger charge is -2.38. The molecule has 0 aliphatic heterocycles. The minimum atomic E-state index is -8.10. The van der Waals surface area contributed by atoms with Gasteiger partial charge in [-0.3, -0.25) is 0 Å². The molecule has 19 heteroatoms. The highest BCUT2D eigenvalue weighted by molar-refractivity contribution is 5.91. The van der Waals surface area contributed by atoms with Gasteiger partial charge in [-0.15, -0.1) is 0 Å². The van der Waals surface area contributed by atoms with E-state index in [1.807, 2.05) is 6.92 Å². The summed E-state index contributed by atoms with van der Waals surface area (Å²) < 4.78 is 192. The second kappa shape index (κ2) is 20.0. The van der Waals surface area contributed by atoms with Crippen molar-refractivity contribution in [2.75, 3.05) is 13.2 Å². The maximum Gasteiger partial charge on any atom is 0.460 e. The van der Waals surface area contributed by atoms with E-state index >= 15 is 0 Å². The molecule has 0 amide bonds. The maximum atomic E-state index is 13.8. The van der Waals surface area contributed by atoms with E-state index in [9.17, 15) is 66.7 Å². The van der Waals surface area contributed by atoms with E-state index in [0.29, 0.717) is 29.2 Å². The number of halogens is 13. The third kappa shape index (κ3) is 11.7. The molecule has 0 aliphatic carbocycles. The summed E-state index contributed by atoms with van der Waals surface area (Å²) in [5.74, 6) is -41.4. The van der Waals surface area contributed by atoms with Gasteiger partial charge in [-0.05, 0) is 105 Å². The molecule has 0 unspecified atom stereocenters. The molecular weight excluding hydrogens is 823 g/mol. The van der Waals surface area contributed by atoms with Crippen LogP contribution in [0.5, 0.6) is 17.2 Å². The van der Waals surface area contributed by atoms with Crippen LogP contribution in [0.15, 0.2) is 72.8 Å². The number of carbonyl (C=O) groups excluding carboxylic acids is 2. The fraction of sp³-hybridized carbons (Fsp3) is 0.500. The van der Waals surface area contributed by atoms with Gasteiger partial charge >= 0.3 is 47.7 Å². The first-order valence-corrected chi connectivity index (χ1v) is 18.4. The van der Waals surface area contributed by atoms with E-state index < -0.39 is 54.3 Å². The highest BCUT2D eigenvalue weighted by Crippen LogP contribution is 2.60. The molecule has 6 nitrogen and oxygen atoms in total. The Hall–Kier alpha value is -4.71. The van der Waals surface area contributed by atoms with Crippen LogP contribution in [-0.2, 0) is 9.53 Å². The van der Waals surface area contributed by atoms with Gasteiger partial charge in [0.1, 0.15) is 17.2 Å². The molecule has 0 spiro atoms. The van der Waals surface area contributed by atoms with Gasteiger partial charge in [-0.25, -0.2) is 9.59 Å². The van der Waals surface area contributed by atoms with Crippen LogP contribution < -0.4 is 14.2 Å². The molecule has 0 heterocycles. The van der Waals surface area contributed by atoms with Gasteiger partial charge in [0.25, 0.3) is 0 Å². The van der Waals surface area contributed by atoms with Crippen molar-refractivity contribution >= 4 is 11.9 Å². The molecule has 0 N–H and O–H groups in total. The van der Waals surface area contributed by atoms with Gasteiger partial charge in [0.2, 0.25) is 0 Å². The molecule has 3 aromatic carbocycles. The average Bonchev–Trinajstić information content (AvgIpc) is 3.17. The Balaban J connectivity index is 1.39. The second-order valence-corrected chi connectivity index (χ2v) is 13.5. The Kier molecular flexibility index (Phi) is 16.5. The summed E-state index contributed by atoms with van der Waals surface area (Å²) in [6, 6.07) is 20.3. The first-order chi connectivity index (χ1) is 27.4. The minimum absolute atomic E-state index is 0.0492. The van der Waals surface area contributed by atoms with Crippen molar-refractivity contribution in [3.8, 4) is 28.4 Å². The quantitative estimate of drug-likeness (QED) is 0.0409. The van der Waals surface area contributed by atoms with Gasteiger partial charge < -0.3 is 18.9 Å². The van der Waals surface area contributed by atoms with E-state index in [2.05, 4.69) is 11.7 Å². The Bertz CT molecular complexity index is 1780. The molecule has 0 fully saturated rings. The molecule has 0 aliphatic rings. The lowest BCUT2D eigenvalue weighted by molar-refractivity contribution is -0.437. The van der Waals surface area contributed by atoms with Crippen LogP contribution in [0.25, 0.3) is 11.1 Å². The summed E-state index contributed by atoms with van der Waals surface area (Å²) in [5.41, 5.74) is 1.93. The smallest absolute Gasteiger partial charge is 0.460 e. The maximum absolute atomic E-state index is 13.8. The Morgan fingerprint density at radius 3 is 1.54 bits per heavy atom. The molecular formula is C40H41F13O6. The van der Waals surface area contributed by atoms with Crippen molar-refractivity contribution in [2.45, 2.75) is 114 Å². The van der Waals surface area contributed by atoms with Gasteiger partial charge in [0.15, 0.2) is 0 Å². The van der Waals surface area contributed by atoms with Crippen molar-refractivity contribution in [1.29, 1.82) is 0 Å². The lowest BCUT2D eigenvalue weighted by atomic mass is 9.94. The van der Waals surface area contributed by atoms with Gasteiger partial charge in [-0.1, -0.05) is 50.5 Å². The summed E-state index contributed by atoms with van der Waals surface area (Å²) in [6.45, 7) is 3.13. The lowest BCUT2D eigenvalue weighted by Crippen LogP contribution is -2.71. The largest absolute Gasteiger partial charge is 0.494 e. The molecule has 1 atom stereocenters. The predicted molar refractivity (Wildman–Crippen MR) is 188 cm³/mol. The number of hydrogen-bond donors (Lipinski definition) is 0. The van der Waals surface area contributed by atoms with Crippen LogP contribution >= 0.6 is 0 Å². The molecule has 0 bridgehead atoms. The topological polar surface area (TPSA) is 71.1 Å². The standard InChI is InChI=1S/C40H41F13O6/c1-3-4-5-8-11-26(2)58-31-22-16-29(17-23-31)33(54)59-32-20-14-28(15-21-32)27-12-18-30(19-13-27)56-24-9-6-7-10-25-57-34(55)35(41,42)36(43,44)37(45,46)38(47,48)39(49,50)40(51,52)53/h12-23,26H,3-11,24-25H2,1-2H3/t26-/m0/s1. The Morgan fingerprint density at radius 1 is 0.542 bits per heavy atom. The van der Waals surface area contributed by atoms with Crippen LogP contribution in [0.3, 0.4) is 0 Å². The number of alkyl halides is 13. The summed E-state index contributed by atoms with van der Waals surface area (Å²) in [5, 5.41) is 0. The van der Waals surface area contributed by atoms with E-state index in [0.717, 1.165) is 36.8 Å². The second-order valence-electron chi connectivity index (χ2n) is 13.5. The number of esters is 2. The molecule has 0 saturated heterocycles. The highest BCUT2D eigenvalue weighted by Gasteiger charge is 2.92. The van der Waals surface area contributed by atoms with E-state index in [4.69, 9.17) is 14.2 Å². The summed E-state index contributed by atoms with van der Waals surface area (Å²) >= 11 is 0. The third-order valence-electron chi connectivity index (χ3n) is 8.87. The number of carbonyl (C=O) groups is 2. The van der Waals surface area contributed by atoms with Crippen molar-refractivity contribution in [1.82, 2.24) is 0 Å². The zero-order valence-corrected chi connectivity index (χ0v) is 31.6. The minimum Gasteiger partial charge on any atom is -0.494 e. The first-order valence-electron chi connectivity index (χ1n) is 18.4. The molecule has 3 rings (SSSR count). The fourth-order valence-electron chi connectivity index (χ4n) is 5.35. The van der Waals surface area contributed by atoms with E-state index in [1.165, 1.54) is 6.42 Å². The van der Waals surface area contributed by atoms with Crippen molar-refractivity contribution < 1.29 is 85.6 Å². The predicted octanol–water partition coefficient (Wildman–Crippen LogP) is 12.5. The van der Waals surface area contributed by atoms with Gasteiger partial charge in [0.05, 0.1) is 24.9 Å². The van der Waals surface area contributed by atoms with Crippen LogP contribution in [0.4, 0.5) is 57.1 Å². The zero-order valence-electron chi connectivity index (χ0n) is 31.6. The average molecular weight is 865 g/mol. The van der Waals surface area contributed by atoms with Crippen LogP contribution in [0.2, 0.25) is 0 Å². The number of ether oxygens (including phenoxy) is 4. The Labute approximate surface area is 331 Å². The van der Waals surface area contributed by atoms with Crippen molar-refractivity contribution in [3.63, 3.8) is 0 Å². The first kappa shape index (κ1) is 48.7. The molecule has 59 heavy (non-hydrogen) atoms. The van der Waals surface area contributed by atoms with Crippen molar-refractivity contribution in [2.24, 2.45) is 0 Å². The molecule has 3 aromatic rings. The van der Waals surface area contributed by atoms with Crippen molar-refractivity contribution in [3.05, 3.63) is 78.4 Å². The summed E-state index contributed by atoms with van der Waals surface area (Å²) in [6.07, 6.45) is -1.69. The van der Waals surface area contributed by atoms with Crippen LogP contribution in [0, 0.1) is 0 Å². The van der Waals surface area contributed by atoms with Crippen LogP contribution in [-0.4, -0.2) is 67.0 Å². The fourth-order valence-corrected chi connectivity index (χ4v) is 5.35. The normalized spacial score (nSPS) is 13.5. The SMILES string of the molecule is CCCCCC[C@H](C)Oc1ccc(C(=O)Oc2ccc(-c3ccc(OCCCCCCOC(=O)C(F)(F)C(F)(F)C(F)(F)C(F)(F)C(F)(F)C(F)(F)F)cc3)cc2)cc1. The number of benzene rings is 3. The van der Waals surface area contributed by atoms with Crippen LogP contribution in [0.1, 0.15) is 82.0 Å². The van der Waals surface area contributed by atoms with E-state index in [-0.39, 0.29) is 32.0 Å². The molecule has 0 radical (unpaired) electrons. The third-order valence-corrected chi connectivity index (χ3v) is 8.87. The molecule has 328 valence electrons. The molecule has 0 saturated carbocycles. The van der Waals surface area contributed by atoms with Gasteiger partial charge in [-0.2, -0.15) is 57.1 Å². The monoisotopic (exact) mass is 864 g/mol. The summed E-state index contributed by atoms with van der Waals surface area (Å²) in [4.78, 5) is 24.1. The number of hydrogen-bond acceptors (Lipinski definition) is 6. The summed E-state index contributed by atoms with van der Waals surface area (Å²) in [7, 11) is 0. The Morgan fingerprint density at radius 2 is 1.02 bits per heavy atom. The molecule has 0 aromatic heterocycles. The van der Waals surface area contributed by atoms with Gasteiger partial charge in [0, 0.05) is 0 Å². The number of rotatable bonds is 23. The van der Waals surface area contributed by atoms with E-state index in [1.54, 1.807) is 72.8 Å². The zero-order chi connectivity index (χ0) is 44.3. The number of unbranched alkanes of at least 4 members (excludes halogenated alkanes) is 6. The highest BCUT2D eigenvalue weighted by atomic mass is 19.4.